The second-order valence-corrected chi connectivity index (χ2v) is 6.81. The van der Waals surface area contributed by atoms with Gasteiger partial charge in [0, 0.05) is 17.3 Å². The van der Waals surface area contributed by atoms with Gasteiger partial charge in [-0.3, -0.25) is 4.79 Å². The smallest absolute Gasteiger partial charge is 0.265 e. The molecule has 8 heteroatoms. The number of amides is 1. The fraction of sp³-hybridized carbons (Fsp3) is 0.167. The van der Waals surface area contributed by atoms with Crippen LogP contribution in [0.2, 0.25) is 0 Å². The molecule has 0 saturated carbocycles. The number of ether oxygens (including phenoxy) is 4. The highest BCUT2D eigenvalue weighted by Gasteiger charge is 2.14. The van der Waals surface area contributed by atoms with Crippen LogP contribution in [-0.2, 0) is 16.2 Å². The number of anilines is 1. The van der Waals surface area contributed by atoms with Crippen molar-refractivity contribution < 1.29 is 28.6 Å². The summed E-state index contributed by atoms with van der Waals surface area (Å²) >= 11 is 0. The maximum absolute atomic E-state index is 12.1. The molecule has 1 aliphatic rings. The minimum absolute atomic E-state index is 0.176. The molecule has 0 fully saturated rings. The molecule has 32 heavy (non-hydrogen) atoms. The van der Waals surface area contributed by atoms with Gasteiger partial charge in [-0.25, -0.2) is 0 Å². The van der Waals surface area contributed by atoms with Crippen molar-refractivity contribution in [2.24, 2.45) is 5.16 Å². The first-order valence-corrected chi connectivity index (χ1v) is 9.91. The van der Waals surface area contributed by atoms with Crippen molar-refractivity contribution in [3.63, 3.8) is 0 Å². The van der Waals surface area contributed by atoms with Crippen LogP contribution >= 0.6 is 0 Å². The van der Waals surface area contributed by atoms with Crippen LogP contribution in [0.5, 0.6) is 23.0 Å². The minimum Gasteiger partial charge on any atom is -0.493 e. The zero-order valence-electron chi connectivity index (χ0n) is 17.4. The number of hydrogen-bond acceptors (Lipinski definition) is 7. The molecule has 3 aromatic carbocycles. The lowest BCUT2D eigenvalue weighted by molar-refractivity contribution is -0.120. The van der Waals surface area contributed by atoms with Gasteiger partial charge in [0.15, 0.2) is 29.6 Å². The fourth-order valence-electron chi connectivity index (χ4n) is 2.99. The summed E-state index contributed by atoms with van der Waals surface area (Å²) in [5, 5.41) is 6.59. The van der Waals surface area contributed by atoms with Gasteiger partial charge in [-0.1, -0.05) is 35.5 Å². The molecular formula is C24H22N2O6. The Morgan fingerprint density at radius 2 is 1.88 bits per heavy atom. The topological polar surface area (TPSA) is 87.6 Å². The molecule has 0 atom stereocenters. The van der Waals surface area contributed by atoms with Gasteiger partial charge in [-0.05, 0) is 35.9 Å². The van der Waals surface area contributed by atoms with E-state index in [9.17, 15) is 4.79 Å². The van der Waals surface area contributed by atoms with E-state index in [1.807, 2.05) is 36.4 Å². The van der Waals surface area contributed by atoms with Crippen molar-refractivity contribution in [1.82, 2.24) is 0 Å². The summed E-state index contributed by atoms with van der Waals surface area (Å²) in [5.74, 6) is 2.09. The Bertz CT molecular complexity index is 1100. The zero-order valence-corrected chi connectivity index (χ0v) is 17.4. The molecule has 0 aliphatic carbocycles. The number of hydrogen-bond donors (Lipinski definition) is 1. The number of nitrogens with zero attached hydrogens (tertiary/aromatic N) is 1. The molecule has 0 saturated heterocycles. The number of oxime groups is 1. The molecular weight excluding hydrogens is 412 g/mol. The summed E-state index contributed by atoms with van der Waals surface area (Å²) in [5.41, 5.74) is 2.37. The summed E-state index contributed by atoms with van der Waals surface area (Å²) in [6.45, 7) is 0.349. The highest BCUT2D eigenvalue weighted by atomic mass is 16.7. The van der Waals surface area contributed by atoms with E-state index < -0.39 is 0 Å². The first-order valence-electron chi connectivity index (χ1n) is 9.91. The SMILES string of the molecule is COc1ccc(C=NOCC(=O)Nc2ccc3c(c2)OCO3)cc1OCc1ccccc1. The zero-order chi connectivity index (χ0) is 22.2. The normalized spacial score (nSPS) is 11.9. The molecule has 0 spiro atoms. The van der Waals surface area contributed by atoms with Crippen LogP contribution in [0.1, 0.15) is 11.1 Å². The second-order valence-electron chi connectivity index (χ2n) is 6.81. The monoisotopic (exact) mass is 434 g/mol. The first kappa shape index (κ1) is 21.0. The highest BCUT2D eigenvalue weighted by Crippen LogP contribution is 2.34. The first-order chi connectivity index (χ1) is 15.7. The van der Waals surface area contributed by atoms with E-state index in [1.165, 1.54) is 6.21 Å². The average molecular weight is 434 g/mol. The van der Waals surface area contributed by atoms with Crippen molar-refractivity contribution >= 4 is 17.8 Å². The third kappa shape index (κ3) is 5.48. The molecule has 0 radical (unpaired) electrons. The quantitative estimate of drug-likeness (QED) is 0.405. The van der Waals surface area contributed by atoms with E-state index in [-0.39, 0.29) is 19.3 Å². The Hall–Kier alpha value is -4.20. The van der Waals surface area contributed by atoms with Crippen LogP contribution in [0.15, 0.2) is 71.9 Å². The van der Waals surface area contributed by atoms with Crippen LogP contribution in [0.3, 0.4) is 0 Å². The number of benzene rings is 3. The molecule has 0 aromatic heterocycles. The molecule has 164 valence electrons. The highest BCUT2D eigenvalue weighted by molar-refractivity contribution is 5.92. The summed E-state index contributed by atoms with van der Waals surface area (Å²) in [6, 6.07) is 20.4. The van der Waals surface area contributed by atoms with Gasteiger partial charge in [-0.15, -0.1) is 0 Å². The number of rotatable bonds is 9. The van der Waals surface area contributed by atoms with Gasteiger partial charge in [-0.2, -0.15) is 0 Å². The van der Waals surface area contributed by atoms with E-state index >= 15 is 0 Å². The lowest BCUT2D eigenvalue weighted by atomic mass is 10.2. The van der Waals surface area contributed by atoms with Crippen LogP contribution in [0.4, 0.5) is 5.69 Å². The predicted molar refractivity (Wildman–Crippen MR) is 119 cm³/mol. The number of methoxy groups -OCH3 is 1. The van der Waals surface area contributed by atoms with Crippen molar-refractivity contribution in [3.8, 4) is 23.0 Å². The summed E-state index contributed by atoms with van der Waals surface area (Å²) < 4.78 is 21.8. The lowest BCUT2D eigenvalue weighted by Gasteiger charge is -2.11. The fourth-order valence-corrected chi connectivity index (χ4v) is 2.99. The third-order valence-corrected chi connectivity index (χ3v) is 4.55. The molecule has 1 amide bonds. The maximum Gasteiger partial charge on any atom is 0.265 e. The van der Waals surface area contributed by atoms with E-state index in [2.05, 4.69) is 10.5 Å². The van der Waals surface area contributed by atoms with Crippen LogP contribution in [-0.4, -0.2) is 32.6 Å². The Kier molecular flexibility index (Phi) is 6.72. The Labute approximate surface area is 185 Å². The predicted octanol–water partition coefficient (Wildman–Crippen LogP) is 3.99. The minimum atomic E-state index is -0.345. The molecule has 3 aromatic rings. The van der Waals surface area contributed by atoms with Crippen molar-refractivity contribution in [2.75, 3.05) is 25.8 Å². The standard InChI is InChI=1S/C24H22N2O6/c1-28-20-9-7-18(11-22(20)29-14-17-5-3-2-4-6-17)13-25-32-15-24(27)26-19-8-10-21-23(12-19)31-16-30-21/h2-13H,14-16H2,1H3,(H,26,27). The maximum atomic E-state index is 12.1. The number of carbonyl (C=O) groups excluding carboxylic acids is 1. The molecule has 4 rings (SSSR count). The lowest BCUT2D eigenvalue weighted by Crippen LogP contribution is -2.16. The summed E-state index contributed by atoms with van der Waals surface area (Å²) in [6.07, 6.45) is 1.50. The van der Waals surface area contributed by atoms with Crippen LogP contribution < -0.4 is 24.3 Å². The van der Waals surface area contributed by atoms with Crippen molar-refractivity contribution in [2.45, 2.75) is 6.61 Å². The van der Waals surface area contributed by atoms with Crippen LogP contribution in [0.25, 0.3) is 0 Å². The van der Waals surface area contributed by atoms with Gasteiger partial charge in [0.05, 0.1) is 13.3 Å². The van der Waals surface area contributed by atoms with Gasteiger partial charge < -0.3 is 29.1 Å². The van der Waals surface area contributed by atoms with E-state index in [1.54, 1.807) is 37.4 Å². The van der Waals surface area contributed by atoms with Crippen LogP contribution in [0, 0.1) is 0 Å². The van der Waals surface area contributed by atoms with E-state index in [4.69, 9.17) is 23.8 Å². The Balaban J connectivity index is 1.29. The Morgan fingerprint density at radius 1 is 1.03 bits per heavy atom. The number of fused-ring (bicyclic) bond motifs is 1. The molecule has 1 N–H and O–H groups in total. The van der Waals surface area contributed by atoms with Crippen molar-refractivity contribution in [3.05, 3.63) is 77.9 Å². The van der Waals surface area contributed by atoms with Gasteiger partial charge >= 0.3 is 0 Å². The molecule has 0 unspecified atom stereocenters. The third-order valence-electron chi connectivity index (χ3n) is 4.55. The average Bonchev–Trinajstić information content (AvgIpc) is 3.29. The van der Waals surface area contributed by atoms with Gasteiger partial charge in [0.25, 0.3) is 5.91 Å². The van der Waals surface area contributed by atoms with Gasteiger partial charge in [0.1, 0.15) is 6.61 Å². The molecule has 0 bridgehead atoms. The summed E-state index contributed by atoms with van der Waals surface area (Å²) in [7, 11) is 1.58. The summed E-state index contributed by atoms with van der Waals surface area (Å²) in [4.78, 5) is 17.2. The van der Waals surface area contributed by atoms with Crippen molar-refractivity contribution in [1.29, 1.82) is 0 Å². The van der Waals surface area contributed by atoms with E-state index in [0.717, 1.165) is 11.1 Å². The largest absolute Gasteiger partial charge is 0.493 e. The number of carbonyl (C=O) groups is 1. The van der Waals surface area contributed by atoms with E-state index in [0.29, 0.717) is 35.3 Å². The number of nitrogens with one attached hydrogen (secondary N) is 1. The van der Waals surface area contributed by atoms with Gasteiger partial charge in [0.2, 0.25) is 6.79 Å². The Morgan fingerprint density at radius 3 is 2.72 bits per heavy atom. The molecule has 1 aliphatic heterocycles. The molecule has 8 nitrogen and oxygen atoms in total. The molecule has 1 heterocycles. The second kappa shape index (κ2) is 10.2.